The molecule has 0 saturated carbocycles. The minimum Gasteiger partial charge on any atom is -0.456 e. The van der Waals surface area contributed by atoms with Gasteiger partial charge in [-0.15, -0.1) is 0 Å². The number of fused-ring (bicyclic) bond motifs is 1. The Bertz CT molecular complexity index is 1180. The van der Waals surface area contributed by atoms with E-state index in [0.29, 0.717) is 18.0 Å². The van der Waals surface area contributed by atoms with E-state index >= 15 is 0 Å². The van der Waals surface area contributed by atoms with Crippen LogP contribution in [0.3, 0.4) is 0 Å². The van der Waals surface area contributed by atoms with Gasteiger partial charge in [0.15, 0.2) is 0 Å². The highest BCUT2D eigenvalue weighted by Gasteiger charge is 2.16. The van der Waals surface area contributed by atoms with Crippen LogP contribution >= 0.6 is 0 Å². The molecule has 0 atom stereocenters. The molecule has 4 aromatic rings. The summed E-state index contributed by atoms with van der Waals surface area (Å²) in [6.07, 6.45) is 1.57. The van der Waals surface area contributed by atoms with Crippen molar-refractivity contribution in [2.75, 3.05) is 0 Å². The average Bonchev–Trinajstić information content (AvgIpc) is 2.77. The maximum absolute atomic E-state index is 13.1. The molecule has 0 fully saturated rings. The number of aromatic nitrogens is 2. The summed E-state index contributed by atoms with van der Waals surface area (Å²) in [5.41, 5.74) is 3.80. The lowest BCUT2D eigenvalue weighted by molar-refractivity contribution is 0.485. The number of hydrogen-bond acceptors (Lipinski definition) is 3. The summed E-state index contributed by atoms with van der Waals surface area (Å²) < 4.78 is 7.96. The molecule has 2 heterocycles. The zero-order chi connectivity index (χ0) is 20.2. The smallest absolute Gasteiger partial charge is 0.255 e. The Morgan fingerprint density at radius 1 is 0.897 bits per heavy atom. The SMILES string of the molecule is CCc1cc2c(c(Oc3ccccc3)cc(=O)n2Cc2ccccc2)c(CC)n1. The Balaban J connectivity index is 1.95. The molecule has 0 N–H and O–H groups in total. The monoisotopic (exact) mass is 384 g/mol. The number of nitrogens with zero attached hydrogens (tertiary/aromatic N) is 2. The zero-order valence-electron chi connectivity index (χ0n) is 16.8. The van der Waals surface area contributed by atoms with E-state index in [-0.39, 0.29) is 5.56 Å². The Morgan fingerprint density at radius 2 is 1.59 bits per heavy atom. The minimum atomic E-state index is -0.0809. The Hall–Kier alpha value is -3.40. The molecule has 0 saturated heterocycles. The third-order valence-corrected chi connectivity index (χ3v) is 5.04. The van der Waals surface area contributed by atoms with Gasteiger partial charge in [0.2, 0.25) is 0 Å². The molecule has 0 radical (unpaired) electrons. The predicted octanol–water partition coefficient (Wildman–Crippen LogP) is 5.36. The van der Waals surface area contributed by atoms with Crippen molar-refractivity contribution in [1.82, 2.24) is 9.55 Å². The average molecular weight is 384 g/mol. The lowest BCUT2D eigenvalue weighted by atomic mass is 10.1. The van der Waals surface area contributed by atoms with Gasteiger partial charge in [-0.05, 0) is 36.6 Å². The van der Waals surface area contributed by atoms with Gasteiger partial charge < -0.3 is 9.30 Å². The number of benzene rings is 2. The number of aryl methyl sites for hydroxylation is 2. The molecule has 4 heteroatoms. The van der Waals surface area contributed by atoms with E-state index in [1.54, 1.807) is 6.07 Å². The van der Waals surface area contributed by atoms with Gasteiger partial charge in [-0.2, -0.15) is 0 Å². The molecule has 0 unspecified atom stereocenters. The van der Waals surface area contributed by atoms with E-state index in [1.807, 2.05) is 71.3 Å². The van der Waals surface area contributed by atoms with Crippen LogP contribution < -0.4 is 10.3 Å². The first-order chi connectivity index (χ1) is 14.2. The summed E-state index contributed by atoms with van der Waals surface area (Å²) in [5, 5.41) is 0.907. The Labute approximate surface area is 170 Å². The summed E-state index contributed by atoms with van der Waals surface area (Å²) in [4.78, 5) is 17.9. The van der Waals surface area contributed by atoms with Crippen LogP contribution in [0.1, 0.15) is 30.8 Å². The van der Waals surface area contributed by atoms with E-state index in [9.17, 15) is 4.79 Å². The molecular formula is C25H24N2O2. The van der Waals surface area contributed by atoms with Crippen molar-refractivity contribution in [3.8, 4) is 11.5 Å². The van der Waals surface area contributed by atoms with Gasteiger partial charge in [0.05, 0.1) is 23.1 Å². The number of pyridine rings is 2. The van der Waals surface area contributed by atoms with Crippen LogP contribution in [0, 0.1) is 0 Å². The van der Waals surface area contributed by atoms with Crippen LogP contribution in [0.25, 0.3) is 10.9 Å². The zero-order valence-corrected chi connectivity index (χ0v) is 16.8. The fraction of sp³-hybridized carbons (Fsp3) is 0.200. The summed E-state index contributed by atoms with van der Waals surface area (Å²) in [6, 6.07) is 23.2. The second kappa shape index (κ2) is 8.31. The van der Waals surface area contributed by atoms with E-state index in [0.717, 1.165) is 40.7 Å². The van der Waals surface area contributed by atoms with Gasteiger partial charge in [-0.3, -0.25) is 9.78 Å². The molecular weight excluding hydrogens is 360 g/mol. The molecule has 2 aromatic carbocycles. The maximum atomic E-state index is 13.1. The summed E-state index contributed by atoms with van der Waals surface area (Å²) in [5.74, 6) is 1.27. The molecule has 2 aromatic heterocycles. The molecule has 146 valence electrons. The van der Waals surface area contributed by atoms with Crippen LogP contribution in [0.15, 0.2) is 77.6 Å². The fourth-order valence-corrected chi connectivity index (χ4v) is 3.56. The van der Waals surface area contributed by atoms with Gasteiger partial charge >= 0.3 is 0 Å². The van der Waals surface area contributed by atoms with Crippen LogP contribution in [-0.2, 0) is 19.4 Å². The topological polar surface area (TPSA) is 44.1 Å². The Kier molecular flexibility index (Phi) is 5.43. The van der Waals surface area contributed by atoms with Gasteiger partial charge in [0.25, 0.3) is 5.56 Å². The van der Waals surface area contributed by atoms with Crippen molar-refractivity contribution in [2.24, 2.45) is 0 Å². The lowest BCUT2D eigenvalue weighted by Crippen LogP contribution is -2.21. The predicted molar refractivity (Wildman–Crippen MR) is 117 cm³/mol. The van der Waals surface area contributed by atoms with Crippen molar-refractivity contribution in [3.63, 3.8) is 0 Å². The molecule has 0 bridgehead atoms. The first-order valence-corrected chi connectivity index (χ1v) is 10.0. The third kappa shape index (κ3) is 3.92. The Morgan fingerprint density at radius 3 is 2.24 bits per heavy atom. The second-order valence-corrected chi connectivity index (χ2v) is 7.00. The fourth-order valence-electron chi connectivity index (χ4n) is 3.56. The molecule has 4 nitrogen and oxygen atoms in total. The minimum absolute atomic E-state index is 0.0809. The van der Waals surface area contributed by atoms with Gasteiger partial charge in [-0.1, -0.05) is 62.4 Å². The highest BCUT2D eigenvalue weighted by Crippen LogP contribution is 2.31. The van der Waals surface area contributed by atoms with Crippen LogP contribution in [0.2, 0.25) is 0 Å². The van der Waals surface area contributed by atoms with E-state index in [2.05, 4.69) is 13.8 Å². The van der Waals surface area contributed by atoms with Crippen molar-refractivity contribution in [1.29, 1.82) is 0 Å². The van der Waals surface area contributed by atoms with Crippen molar-refractivity contribution in [3.05, 3.63) is 100 Å². The summed E-state index contributed by atoms with van der Waals surface area (Å²) in [7, 11) is 0. The van der Waals surface area contributed by atoms with Crippen LogP contribution in [0.5, 0.6) is 11.5 Å². The largest absolute Gasteiger partial charge is 0.456 e. The first-order valence-electron chi connectivity index (χ1n) is 10.0. The third-order valence-electron chi connectivity index (χ3n) is 5.04. The molecule has 0 aliphatic heterocycles. The molecule has 4 rings (SSSR count). The first kappa shape index (κ1) is 18.9. The normalized spacial score (nSPS) is 11.0. The van der Waals surface area contributed by atoms with Crippen LogP contribution in [0.4, 0.5) is 0 Å². The van der Waals surface area contributed by atoms with E-state index in [4.69, 9.17) is 9.72 Å². The highest BCUT2D eigenvalue weighted by molar-refractivity contribution is 5.88. The quantitative estimate of drug-likeness (QED) is 0.449. The van der Waals surface area contributed by atoms with Gasteiger partial charge in [0.1, 0.15) is 11.5 Å². The van der Waals surface area contributed by atoms with Crippen molar-refractivity contribution in [2.45, 2.75) is 33.2 Å². The van der Waals surface area contributed by atoms with E-state index in [1.165, 1.54) is 0 Å². The molecule has 0 aliphatic carbocycles. The number of ether oxygens (including phenoxy) is 1. The maximum Gasteiger partial charge on any atom is 0.255 e. The summed E-state index contributed by atoms with van der Waals surface area (Å²) >= 11 is 0. The molecule has 29 heavy (non-hydrogen) atoms. The summed E-state index contributed by atoms with van der Waals surface area (Å²) in [6.45, 7) is 4.68. The van der Waals surface area contributed by atoms with E-state index < -0.39 is 0 Å². The van der Waals surface area contributed by atoms with Crippen molar-refractivity contribution >= 4 is 10.9 Å². The van der Waals surface area contributed by atoms with Gasteiger partial charge in [-0.25, -0.2) is 0 Å². The molecule has 0 spiro atoms. The molecule has 0 aliphatic rings. The van der Waals surface area contributed by atoms with Crippen LogP contribution in [-0.4, -0.2) is 9.55 Å². The number of hydrogen-bond donors (Lipinski definition) is 0. The number of para-hydroxylation sites is 1. The molecule has 0 amide bonds. The van der Waals surface area contributed by atoms with Gasteiger partial charge in [0, 0.05) is 11.8 Å². The highest BCUT2D eigenvalue weighted by atomic mass is 16.5. The van der Waals surface area contributed by atoms with Crippen molar-refractivity contribution < 1.29 is 4.74 Å². The lowest BCUT2D eigenvalue weighted by Gasteiger charge is -2.17. The number of rotatable bonds is 6. The second-order valence-electron chi connectivity index (χ2n) is 7.00. The standard InChI is InChI=1S/C25H24N2O2/c1-3-19-15-22-25(21(4-2)26-19)23(29-20-13-9-6-10-14-20)16-24(28)27(22)17-18-11-7-5-8-12-18/h5-16H,3-4,17H2,1-2H3.